The lowest BCUT2D eigenvalue weighted by molar-refractivity contribution is -0.115. The van der Waals surface area contributed by atoms with Gasteiger partial charge >= 0.3 is 0 Å². The van der Waals surface area contributed by atoms with E-state index in [1.165, 1.54) is 0 Å². The highest BCUT2D eigenvalue weighted by molar-refractivity contribution is 6.39. The Morgan fingerprint density at radius 1 is 1.67 bits per heavy atom. The van der Waals surface area contributed by atoms with Crippen LogP contribution in [0.15, 0.2) is 5.10 Å². The number of nitrogens with one attached hydrogen (secondary N) is 1. The third kappa shape index (κ3) is 1.19. The van der Waals surface area contributed by atoms with Gasteiger partial charge in [-0.25, -0.2) is 0 Å². The predicted octanol–water partition coefficient (Wildman–Crippen LogP) is -0.789. The van der Waals surface area contributed by atoms with Crippen molar-refractivity contribution >= 4 is 11.6 Å². The normalized spacial score (nSPS) is 24.0. The van der Waals surface area contributed by atoms with Crippen LogP contribution in [0, 0.1) is 0 Å². The Bertz CT molecular complexity index is 152. The van der Waals surface area contributed by atoms with Crippen LogP contribution in [0.3, 0.4) is 0 Å². The quantitative estimate of drug-likeness (QED) is 0.331. The highest BCUT2D eigenvalue weighted by atomic mass is 16.2. The zero-order valence-electron chi connectivity index (χ0n) is 5.05. The van der Waals surface area contributed by atoms with E-state index in [1.54, 1.807) is 0 Å². The van der Waals surface area contributed by atoms with E-state index in [4.69, 9.17) is 5.84 Å². The van der Waals surface area contributed by atoms with Gasteiger partial charge in [-0.1, -0.05) is 0 Å². The monoisotopic (exact) mass is 127 g/mol. The summed E-state index contributed by atoms with van der Waals surface area (Å²) in [6.07, 6.45) is 1.66. The molecule has 0 bridgehead atoms. The summed E-state index contributed by atoms with van der Waals surface area (Å²) in [5, 5.41) is 5.97. The van der Waals surface area contributed by atoms with Gasteiger partial charge in [-0.15, -0.1) is 0 Å². The second kappa shape index (κ2) is 2.48. The molecule has 4 nitrogen and oxygen atoms in total. The average Bonchev–Trinajstić information content (AvgIpc) is 1.89. The number of piperidine rings is 1. The van der Waals surface area contributed by atoms with Crippen LogP contribution in [0.5, 0.6) is 0 Å². The number of amides is 1. The molecule has 1 heterocycles. The summed E-state index contributed by atoms with van der Waals surface area (Å²) in [4.78, 5) is 10.7. The van der Waals surface area contributed by atoms with Gasteiger partial charge in [0.05, 0.1) is 0 Å². The Hall–Kier alpha value is -1.06. The fraction of sp³-hybridized carbons (Fsp3) is 0.600. The summed E-state index contributed by atoms with van der Waals surface area (Å²) in [5.41, 5.74) is 0.459. The van der Waals surface area contributed by atoms with Crippen molar-refractivity contribution in [1.29, 1.82) is 0 Å². The van der Waals surface area contributed by atoms with E-state index in [9.17, 15) is 4.79 Å². The summed E-state index contributed by atoms with van der Waals surface area (Å²) >= 11 is 0. The van der Waals surface area contributed by atoms with Crippen LogP contribution in [0.25, 0.3) is 0 Å². The fourth-order valence-electron chi connectivity index (χ4n) is 0.796. The van der Waals surface area contributed by atoms with Crippen molar-refractivity contribution in [2.75, 3.05) is 6.54 Å². The SMILES string of the molecule is NN=C1CCCNC1=O. The van der Waals surface area contributed by atoms with Crippen molar-refractivity contribution < 1.29 is 4.79 Å². The van der Waals surface area contributed by atoms with E-state index in [-0.39, 0.29) is 5.91 Å². The van der Waals surface area contributed by atoms with Crippen LogP contribution in [-0.4, -0.2) is 18.2 Å². The van der Waals surface area contributed by atoms with Crippen LogP contribution in [-0.2, 0) is 4.79 Å². The van der Waals surface area contributed by atoms with Crippen molar-refractivity contribution in [1.82, 2.24) is 5.32 Å². The summed E-state index contributed by atoms with van der Waals surface area (Å²) < 4.78 is 0. The average molecular weight is 127 g/mol. The van der Waals surface area contributed by atoms with Gasteiger partial charge in [-0.05, 0) is 12.8 Å². The number of hydrogen-bond acceptors (Lipinski definition) is 3. The number of rotatable bonds is 0. The fourth-order valence-corrected chi connectivity index (χ4v) is 0.796. The number of carbonyl (C=O) groups excluding carboxylic acids is 1. The molecule has 50 valence electrons. The van der Waals surface area contributed by atoms with Gasteiger partial charge in [0.25, 0.3) is 5.91 Å². The van der Waals surface area contributed by atoms with E-state index in [0.717, 1.165) is 13.0 Å². The summed E-state index contributed by atoms with van der Waals surface area (Å²) in [6.45, 7) is 0.748. The molecule has 1 aliphatic heterocycles. The minimum absolute atomic E-state index is 0.122. The van der Waals surface area contributed by atoms with Gasteiger partial charge in [-0.3, -0.25) is 4.79 Å². The topological polar surface area (TPSA) is 67.5 Å². The number of hydrogen-bond donors (Lipinski definition) is 2. The third-order valence-electron chi connectivity index (χ3n) is 1.29. The molecular formula is C5H9N3O. The second-order valence-corrected chi connectivity index (χ2v) is 1.94. The van der Waals surface area contributed by atoms with E-state index >= 15 is 0 Å². The first-order valence-corrected chi connectivity index (χ1v) is 2.89. The number of carbonyl (C=O) groups is 1. The summed E-state index contributed by atoms with van der Waals surface area (Å²) in [6, 6.07) is 0. The zero-order valence-corrected chi connectivity index (χ0v) is 5.05. The second-order valence-electron chi connectivity index (χ2n) is 1.94. The molecule has 1 amide bonds. The van der Waals surface area contributed by atoms with Crippen molar-refractivity contribution in [3.8, 4) is 0 Å². The van der Waals surface area contributed by atoms with Crippen molar-refractivity contribution in [3.63, 3.8) is 0 Å². The molecule has 0 atom stereocenters. The molecule has 9 heavy (non-hydrogen) atoms. The predicted molar refractivity (Wildman–Crippen MR) is 33.9 cm³/mol. The molecule has 0 aromatic heterocycles. The molecular weight excluding hydrogens is 118 g/mol. The highest BCUT2D eigenvalue weighted by Gasteiger charge is 2.14. The molecule has 1 fully saturated rings. The van der Waals surface area contributed by atoms with E-state index in [0.29, 0.717) is 12.1 Å². The number of nitrogens with two attached hydrogens (primary N) is 1. The van der Waals surface area contributed by atoms with Crippen LogP contribution in [0.1, 0.15) is 12.8 Å². The molecule has 0 radical (unpaired) electrons. The highest BCUT2D eigenvalue weighted by Crippen LogP contribution is 1.96. The summed E-state index contributed by atoms with van der Waals surface area (Å²) in [5.74, 6) is 4.80. The molecule has 0 saturated carbocycles. The molecule has 0 spiro atoms. The Morgan fingerprint density at radius 3 is 2.89 bits per heavy atom. The van der Waals surface area contributed by atoms with Gasteiger partial charge < -0.3 is 11.2 Å². The lowest BCUT2D eigenvalue weighted by Crippen LogP contribution is -2.37. The van der Waals surface area contributed by atoms with Gasteiger partial charge in [-0.2, -0.15) is 5.10 Å². The van der Waals surface area contributed by atoms with Crippen molar-refractivity contribution in [2.45, 2.75) is 12.8 Å². The van der Waals surface area contributed by atoms with Gasteiger partial charge in [0.2, 0.25) is 0 Å². The maximum atomic E-state index is 10.7. The minimum atomic E-state index is -0.122. The van der Waals surface area contributed by atoms with Crippen molar-refractivity contribution in [2.24, 2.45) is 10.9 Å². The maximum absolute atomic E-state index is 10.7. The minimum Gasteiger partial charge on any atom is -0.351 e. The molecule has 0 aliphatic carbocycles. The Morgan fingerprint density at radius 2 is 2.44 bits per heavy atom. The molecule has 4 heteroatoms. The maximum Gasteiger partial charge on any atom is 0.267 e. The molecule has 0 aromatic carbocycles. The first kappa shape index (κ1) is 6.07. The summed E-state index contributed by atoms with van der Waals surface area (Å²) in [7, 11) is 0. The molecule has 1 aliphatic rings. The van der Waals surface area contributed by atoms with Crippen LogP contribution in [0.4, 0.5) is 0 Å². The van der Waals surface area contributed by atoms with E-state index in [2.05, 4.69) is 10.4 Å². The Labute approximate surface area is 53.1 Å². The first-order chi connectivity index (χ1) is 4.34. The number of hydrazone groups is 1. The lowest BCUT2D eigenvalue weighted by atomic mass is 10.1. The largest absolute Gasteiger partial charge is 0.351 e. The van der Waals surface area contributed by atoms with Gasteiger partial charge in [0.15, 0.2) is 0 Å². The zero-order chi connectivity index (χ0) is 6.69. The van der Waals surface area contributed by atoms with Crippen molar-refractivity contribution in [3.05, 3.63) is 0 Å². The lowest BCUT2D eigenvalue weighted by Gasteiger charge is -2.11. The first-order valence-electron chi connectivity index (χ1n) is 2.89. The Balaban J connectivity index is 2.60. The van der Waals surface area contributed by atoms with Gasteiger partial charge in [0, 0.05) is 6.54 Å². The molecule has 3 N–H and O–H groups in total. The van der Waals surface area contributed by atoms with E-state index < -0.39 is 0 Å². The van der Waals surface area contributed by atoms with E-state index in [1.807, 2.05) is 0 Å². The van der Waals surface area contributed by atoms with Crippen LogP contribution in [0.2, 0.25) is 0 Å². The Kier molecular flexibility index (Phi) is 1.67. The van der Waals surface area contributed by atoms with Gasteiger partial charge in [0.1, 0.15) is 5.71 Å². The van der Waals surface area contributed by atoms with Crippen LogP contribution < -0.4 is 11.2 Å². The molecule has 1 saturated heterocycles. The molecule has 0 aromatic rings. The van der Waals surface area contributed by atoms with Crippen LogP contribution >= 0.6 is 0 Å². The molecule has 0 unspecified atom stereocenters. The third-order valence-corrected chi connectivity index (χ3v) is 1.29. The smallest absolute Gasteiger partial charge is 0.267 e. The standard InChI is InChI=1S/C5H9N3O/c6-8-4-2-1-3-7-5(4)9/h1-3,6H2,(H,7,9). The molecule has 1 rings (SSSR count). The number of nitrogens with zero attached hydrogens (tertiary/aromatic N) is 1.